The van der Waals surface area contributed by atoms with Crippen LogP contribution >= 0.6 is 11.6 Å². The zero-order chi connectivity index (χ0) is 15.4. The molecule has 0 aliphatic heterocycles. The van der Waals surface area contributed by atoms with Crippen molar-refractivity contribution in [1.82, 2.24) is 0 Å². The Morgan fingerprint density at radius 2 is 2.05 bits per heavy atom. The molecule has 1 amide bonds. The normalized spacial score (nSPS) is 10.3. The molecular formula is C16H15ClFNO2. The van der Waals surface area contributed by atoms with Gasteiger partial charge in [0.25, 0.3) is 5.91 Å². The fourth-order valence-corrected chi connectivity index (χ4v) is 2.36. The third-order valence-corrected chi connectivity index (χ3v) is 3.11. The van der Waals surface area contributed by atoms with E-state index in [-0.39, 0.29) is 12.5 Å². The highest BCUT2D eigenvalue weighted by Gasteiger charge is 2.10. The highest BCUT2D eigenvalue weighted by molar-refractivity contribution is 6.32. The predicted octanol–water partition coefficient (Wildman–Crippen LogP) is 4.11. The van der Waals surface area contributed by atoms with Gasteiger partial charge in [-0.3, -0.25) is 4.79 Å². The number of hydrogen-bond acceptors (Lipinski definition) is 2. The van der Waals surface area contributed by atoms with Crippen molar-refractivity contribution in [3.8, 4) is 5.75 Å². The van der Waals surface area contributed by atoms with Crippen molar-refractivity contribution in [3.05, 3.63) is 58.4 Å². The minimum atomic E-state index is -0.411. The number of anilines is 1. The Kier molecular flexibility index (Phi) is 4.81. The van der Waals surface area contributed by atoms with Gasteiger partial charge in [0, 0.05) is 5.69 Å². The average Bonchev–Trinajstić information content (AvgIpc) is 2.37. The Hall–Kier alpha value is -2.07. The van der Waals surface area contributed by atoms with Crippen molar-refractivity contribution < 1.29 is 13.9 Å². The van der Waals surface area contributed by atoms with Gasteiger partial charge in [-0.25, -0.2) is 4.39 Å². The van der Waals surface area contributed by atoms with E-state index in [4.69, 9.17) is 16.3 Å². The molecule has 2 aromatic rings. The van der Waals surface area contributed by atoms with E-state index in [1.165, 1.54) is 18.2 Å². The van der Waals surface area contributed by atoms with E-state index >= 15 is 0 Å². The van der Waals surface area contributed by atoms with E-state index in [0.717, 1.165) is 11.1 Å². The smallest absolute Gasteiger partial charge is 0.262 e. The molecule has 110 valence electrons. The van der Waals surface area contributed by atoms with Crippen molar-refractivity contribution >= 4 is 23.2 Å². The average molecular weight is 308 g/mol. The molecule has 0 unspecified atom stereocenters. The van der Waals surface area contributed by atoms with Crippen LogP contribution in [0.2, 0.25) is 5.02 Å². The fourth-order valence-electron chi connectivity index (χ4n) is 1.99. The largest absolute Gasteiger partial charge is 0.482 e. The molecule has 0 aliphatic carbocycles. The molecule has 0 bridgehead atoms. The lowest BCUT2D eigenvalue weighted by atomic mass is 10.1. The molecule has 0 spiro atoms. The first-order chi connectivity index (χ1) is 9.95. The number of halogens is 2. The summed E-state index contributed by atoms with van der Waals surface area (Å²) in [7, 11) is 0. The molecule has 0 atom stereocenters. The number of benzene rings is 2. The SMILES string of the molecule is Cc1cc(C)c(OCC(=O)Nc2cccc(F)c2)c(Cl)c1. The van der Waals surface area contributed by atoms with Crippen LogP contribution in [-0.4, -0.2) is 12.5 Å². The van der Waals surface area contributed by atoms with Gasteiger partial charge < -0.3 is 10.1 Å². The molecular weight excluding hydrogens is 293 g/mol. The van der Waals surface area contributed by atoms with Crippen LogP contribution in [0.3, 0.4) is 0 Å². The van der Waals surface area contributed by atoms with Gasteiger partial charge in [-0.05, 0) is 49.2 Å². The van der Waals surface area contributed by atoms with Crippen LogP contribution < -0.4 is 10.1 Å². The second-order valence-electron chi connectivity index (χ2n) is 4.74. The molecule has 3 nitrogen and oxygen atoms in total. The quantitative estimate of drug-likeness (QED) is 0.923. The fraction of sp³-hybridized carbons (Fsp3) is 0.188. The highest BCUT2D eigenvalue weighted by atomic mass is 35.5. The van der Waals surface area contributed by atoms with Crippen LogP contribution in [0, 0.1) is 19.7 Å². The maximum Gasteiger partial charge on any atom is 0.262 e. The topological polar surface area (TPSA) is 38.3 Å². The molecule has 0 saturated carbocycles. The summed E-state index contributed by atoms with van der Waals surface area (Å²) < 4.78 is 18.5. The molecule has 2 aromatic carbocycles. The first kappa shape index (κ1) is 15.3. The van der Waals surface area contributed by atoms with Gasteiger partial charge in [0.05, 0.1) is 5.02 Å². The van der Waals surface area contributed by atoms with Crippen LogP contribution in [0.25, 0.3) is 0 Å². The predicted molar refractivity (Wildman–Crippen MR) is 81.5 cm³/mol. The van der Waals surface area contributed by atoms with Gasteiger partial charge in [0.1, 0.15) is 11.6 Å². The van der Waals surface area contributed by atoms with Crippen LogP contribution in [0.15, 0.2) is 36.4 Å². The molecule has 1 N–H and O–H groups in total. The monoisotopic (exact) mass is 307 g/mol. The first-order valence-electron chi connectivity index (χ1n) is 6.40. The second kappa shape index (κ2) is 6.59. The number of hydrogen-bond donors (Lipinski definition) is 1. The number of ether oxygens (including phenoxy) is 1. The van der Waals surface area contributed by atoms with E-state index < -0.39 is 5.82 Å². The molecule has 21 heavy (non-hydrogen) atoms. The maximum atomic E-state index is 13.0. The van der Waals surface area contributed by atoms with Gasteiger partial charge >= 0.3 is 0 Å². The van der Waals surface area contributed by atoms with Crippen LogP contribution in [0.5, 0.6) is 5.75 Å². The third kappa shape index (κ3) is 4.20. The highest BCUT2D eigenvalue weighted by Crippen LogP contribution is 2.29. The summed E-state index contributed by atoms with van der Waals surface area (Å²) in [5.41, 5.74) is 2.27. The van der Waals surface area contributed by atoms with Crippen molar-refractivity contribution in [1.29, 1.82) is 0 Å². The second-order valence-corrected chi connectivity index (χ2v) is 5.15. The molecule has 0 saturated heterocycles. The molecule has 5 heteroatoms. The lowest BCUT2D eigenvalue weighted by Gasteiger charge is -2.12. The molecule has 0 heterocycles. The maximum absolute atomic E-state index is 13.0. The number of carbonyl (C=O) groups is 1. The van der Waals surface area contributed by atoms with Gasteiger partial charge in [-0.2, -0.15) is 0 Å². The van der Waals surface area contributed by atoms with Crippen molar-refractivity contribution in [2.75, 3.05) is 11.9 Å². The Bertz CT molecular complexity index is 650. The van der Waals surface area contributed by atoms with E-state index in [9.17, 15) is 9.18 Å². The van der Waals surface area contributed by atoms with Crippen molar-refractivity contribution in [2.24, 2.45) is 0 Å². The lowest BCUT2D eigenvalue weighted by molar-refractivity contribution is -0.118. The Balaban J connectivity index is 1.99. The molecule has 0 fully saturated rings. The minimum Gasteiger partial charge on any atom is -0.482 e. The molecule has 2 rings (SSSR count). The number of amides is 1. The van der Waals surface area contributed by atoms with Gasteiger partial charge in [0.2, 0.25) is 0 Å². The number of aryl methyl sites for hydroxylation is 2. The summed E-state index contributed by atoms with van der Waals surface area (Å²) in [6.07, 6.45) is 0. The summed E-state index contributed by atoms with van der Waals surface area (Å²) in [4.78, 5) is 11.8. The van der Waals surface area contributed by atoms with Gasteiger partial charge in [0.15, 0.2) is 6.61 Å². The number of rotatable bonds is 4. The lowest BCUT2D eigenvalue weighted by Crippen LogP contribution is -2.20. The Labute approximate surface area is 127 Å². The summed E-state index contributed by atoms with van der Waals surface area (Å²) in [5, 5.41) is 3.02. The first-order valence-corrected chi connectivity index (χ1v) is 6.78. The van der Waals surface area contributed by atoms with Crippen molar-refractivity contribution in [3.63, 3.8) is 0 Å². The van der Waals surface area contributed by atoms with Crippen LogP contribution in [0.1, 0.15) is 11.1 Å². The van der Waals surface area contributed by atoms with E-state index in [1.54, 1.807) is 12.1 Å². The standard InChI is InChI=1S/C16H15ClFNO2/c1-10-6-11(2)16(14(17)7-10)21-9-15(20)19-13-5-3-4-12(18)8-13/h3-8H,9H2,1-2H3,(H,19,20). The molecule has 0 aromatic heterocycles. The summed E-state index contributed by atoms with van der Waals surface area (Å²) in [6.45, 7) is 3.60. The number of nitrogens with one attached hydrogen (secondary N) is 1. The zero-order valence-electron chi connectivity index (χ0n) is 11.7. The van der Waals surface area contributed by atoms with Crippen LogP contribution in [0.4, 0.5) is 10.1 Å². The molecule has 0 radical (unpaired) electrons. The summed E-state index contributed by atoms with van der Waals surface area (Å²) >= 11 is 6.09. The Morgan fingerprint density at radius 1 is 1.29 bits per heavy atom. The summed E-state index contributed by atoms with van der Waals surface area (Å²) in [5.74, 6) is -0.306. The third-order valence-electron chi connectivity index (χ3n) is 2.83. The van der Waals surface area contributed by atoms with Crippen molar-refractivity contribution in [2.45, 2.75) is 13.8 Å². The number of carbonyl (C=O) groups excluding carboxylic acids is 1. The van der Waals surface area contributed by atoms with E-state index in [2.05, 4.69) is 5.32 Å². The minimum absolute atomic E-state index is 0.194. The summed E-state index contributed by atoms with van der Waals surface area (Å²) in [6, 6.07) is 9.36. The van der Waals surface area contributed by atoms with E-state index in [0.29, 0.717) is 16.5 Å². The van der Waals surface area contributed by atoms with Gasteiger partial charge in [-0.15, -0.1) is 0 Å². The van der Waals surface area contributed by atoms with Crippen LogP contribution in [-0.2, 0) is 4.79 Å². The zero-order valence-corrected chi connectivity index (χ0v) is 12.5. The Morgan fingerprint density at radius 3 is 2.71 bits per heavy atom. The van der Waals surface area contributed by atoms with E-state index in [1.807, 2.05) is 19.9 Å². The molecule has 0 aliphatic rings. The van der Waals surface area contributed by atoms with Gasteiger partial charge in [-0.1, -0.05) is 23.7 Å².